The number of aromatic hydroxyl groups is 1. The van der Waals surface area contributed by atoms with Crippen LogP contribution in [0.2, 0.25) is 0 Å². The third-order valence-electron chi connectivity index (χ3n) is 4.96. The highest BCUT2D eigenvalue weighted by Crippen LogP contribution is 2.28. The minimum absolute atomic E-state index is 0.0242. The van der Waals surface area contributed by atoms with Crippen molar-refractivity contribution in [3.63, 3.8) is 0 Å². The number of benzene rings is 1. The number of nitrogens with zero attached hydrogens (tertiary/aromatic N) is 2. The number of phenols is 1. The van der Waals surface area contributed by atoms with Crippen LogP contribution in [-0.4, -0.2) is 66.0 Å². The van der Waals surface area contributed by atoms with Gasteiger partial charge in [0.15, 0.2) is 0 Å². The summed E-state index contributed by atoms with van der Waals surface area (Å²) in [6.45, 7) is 4.84. The molecule has 0 aromatic heterocycles. The zero-order valence-electron chi connectivity index (χ0n) is 14.9. The molecule has 8 nitrogen and oxygen atoms in total. The topological polar surface area (TPSA) is 107 Å². The molecular formula is C18H23N3O5S. The Morgan fingerprint density at radius 2 is 1.93 bits per heavy atom. The summed E-state index contributed by atoms with van der Waals surface area (Å²) in [5.74, 6) is -1.11. The molecule has 0 radical (unpaired) electrons. The number of sulfonamides is 1. The van der Waals surface area contributed by atoms with Crippen LogP contribution >= 0.6 is 0 Å². The van der Waals surface area contributed by atoms with E-state index in [2.05, 4.69) is 11.9 Å². The lowest BCUT2D eigenvalue weighted by molar-refractivity contribution is -0.111. The fraction of sp³-hybridized carbons (Fsp3) is 0.444. The van der Waals surface area contributed by atoms with Gasteiger partial charge in [0.1, 0.15) is 5.75 Å². The van der Waals surface area contributed by atoms with Crippen molar-refractivity contribution in [1.82, 2.24) is 9.21 Å². The zero-order valence-corrected chi connectivity index (χ0v) is 15.7. The molecule has 9 heteroatoms. The van der Waals surface area contributed by atoms with E-state index in [0.29, 0.717) is 31.7 Å². The van der Waals surface area contributed by atoms with Gasteiger partial charge in [-0.15, -0.1) is 0 Å². The normalized spacial score (nSPS) is 20.6. The van der Waals surface area contributed by atoms with Crippen molar-refractivity contribution in [1.29, 1.82) is 0 Å². The molecular weight excluding hydrogens is 370 g/mol. The van der Waals surface area contributed by atoms with E-state index in [1.807, 2.05) is 0 Å². The first-order chi connectivity index (χ1) is 12.8. The van der Waals surface area contributed by atoms with E-state index in [4.69, 9.17) is 0 Å². The smallest absolute Gasteiger partial charge is 0.257 e. The summed E-state index contributed by atoms with van der Waals surface area (Å²) in [6.07, 6.45) is 3.21. The van der Waals surface area contributed by atoms with E-state index >= 15 is 0 Å². The summed E-state index contributed by atoms with van der Waals surface area (Å²) < 4.78 is 26.9. The number of hydrogen-bond acceptors (Lipinski definition) is 5. The van der Waals surface area contributed by atoms with Crippen molar-refractivity contribution in [3.05, 3.63) is 36.4 Å². The summed E-state index contributed by atoms with van der Waals surface area (Å²) in [7, 11) is -3.42. The van der Waals surface area contributed by atoms with Crippen molar-refractivity contribution in [3.8, 4) is 5.75 Å². The van der Waals surface area contributed by atoms with Gasteiger partial charge in [0.05, 0.1) is 10.8 Å². The van der Waals surface area contributed by atoms with Crippen LogP contribution in [0.1, 0.15) is 29.6 Å². The van der Waals surface area contributed by atoms with Crippen LogP contribution in [0, 0.1) is 0 Å². The first-order valence-electron chi connectivity index (χ1n) is 8.87. The van der Waals surface area contributed by atoms with E-state index in [-0.39, 0.29) is 17.9 Å². The van der Waals surface area contributed by atoms with Crippen molar-refractivity contribution < 1.29 is 23.1 Å². The molecule has 0 saturated carbocycles. The van der Waals surface area contributed by atoms with Crippen LogP contribution in [-0.2, 0) is 14.8 Å². The maximum absolute atomic E-state index is 12.8. The van der Waals surface area contributed by atoms with Crippen molar-refractivity contribution in [2.45, 2.75) is 24.5 Å². The number of amides is 2. The zero-order chi connectivity index (χ0) is 19.6. The second kappa shape index (κ2) is 7.69. The van der Waals surface area contributed by atoms with E-state index in [1.165, 1.54) is 27.4 Å². The highest BCUT2D eigenvalue weighted by atomic mass is 32.2. The van der Waals surface area contributed by atoms with Gasteiger partial charge in [-0.25, -0.2) is 12.7 Å². The number of nitrogens with one attached hydrogen (secondary N) is 1. The summed E-state index contributed by atoms with van der Waals surface area (Å²) >= 11 is 0. The minimum atomic E-state index is -3.42. The Balaban J connectivity index is 1.74. The quantitative estimate of drug-likeness (QED) is 0.577. The Hall–Kier alpha value is -2.39. The first-order valence-corrected chi connectivity index (χ1v) is 10.4. The molecule has 2 amide bonds. The number of hydrogen-bond donors (Lipinski definition) is 2. The molecule has 3 rings (SSSR count). The maximum atomic E-state index is 12.8. The first kappa shape index (κ1) is 19.4. The van der Waals surface area contributed by atoms with Crippen LogP contribution in [0.3, 0.4) is 0 Å². The maximum Gasteiger partial charge on any atom is 0.257 e. The summed E-state index contributed by atoms with van der Waals surface area (Å²) in [6, 6.07) is 4.17. The highest BCUT2D eigenvalue weighted by molar-refractivity contribution is 7.89. The second-order valence-electron chi connectivity index (χ2n) is 6.74. The molecule has 1 aromatic carbocycles. The summed E-state index contributed by atoms with van der Waals surface area (Å²) in [4.78, 5) is 25.7. The van der Waals surface area contributed by atoms with E-state index < -0.39 is 27.1 Å². The largest absolute Gasteiger partial charge is 0.507 e. The second-order valence-corrected chi connectivity index (χ2v) is 8.95. The van der Waals surface area contributed by atoms with Crippen molar-refractivity contribution in [2.24, 2.45) is 0 Å². The molecule has 0 bridgehead atoms. The average molecular weight is 393 g/mol. The predicted molar refractivity (Wildman–Crippen MR) is 101 cm³/mol. The Morgan fingerprint density at radius 3 is 2.59 bits per heavy atom. The number of rotatable bonds is 5. The lowest BCUT2D eigenvalue weighted by Gasteiger charge is -2.21. The third kappa shape index (κ3) is 3.98. The number of phenolic OH excluding ortho intramolecular Hbond substituents is 1. The molecule has 2 saturated heterocycles. The SMILES string of the molecule is C=CC(=O)Nc1ccc(O)c(C(=O)N2CCC(S(=O)(=O)N3CCCC3)C2)c1. The predicted octanol–water partition coefficient (Wildman–Crippen LogP) is 1.16. The average Bonchev–Trinajstić information content (AvgIpc) is 3.35. The molecule has 2 fully saturated rings. The highest BCUT2D eigenvalue weighted by Gasteiger charge is 2.40. The van der Waals surface area contributed by atoms with Gasteiger partial charge in [0.2, 0.25) is 15.9 Å². The van der Waals surface area contributed by atoms with Gasteiger partial charge in [-0.2, -0.15) is 0 Å². The number of carbonyl (C=O) groups is 2. The fourth-order valence-electron chi connectivity index (χ4n) is 3.46. The molecule has 2 aliphatic rings. The van der Waals surface area contributed by atoms with Gasteiger partial charge in [-0.1, -0.05) is 6.58 Å². The molecule has 1 aromatic rings. The van der Waals surface area contributed by atoms with Crippen LogP contribution < -0.4 is 5.32 Å². The van der Waals surface area contributed by atoms with E-state index in [1.54, 1.807) is 0 Å². The van der Waals surface area contributed by atoms with Crippen LogP contribution in [0.4, 0.5) is 5.69 Å². The van der Waals surface area contributed by atoms with Crippen LogP contribution in [0.5, 0.6) is 5.75 Å². The van der Waals surface area contributed by atoms with Gasteiger partial charge in [-0.05, 0) is 43.5 Å². The van der Waals surface area contributed by atoms with Gasteiger partial charge in [0.25, 0.3) is 5.91 Å². The van der Waals surface area contributed by atoms with Crippen molar-refractivity contribution in [2.75, 3.05) is 31.5 Å². The Morgan fingerprint density at radius 1 is 1.22 bits per heavy atom. The molecule has 146 valence electrons. The van der Waals surface area contributed by atoms with E-state index in [9.17, 15) is 23.1 Å². The molecule has 1 atom stereocenters. The summed E-state index contributed by atoms with van der Waals surface area (Å²) in [5, 5.41) is 12.0. The third-order valence-corrected chi connectivity index (χ3v) is 7.27. The molecule has 27 heavy (non-hydrogen) atoms. The van der Waals surface area contributed by atoms with Gasteiger partial charge >= 0.3 is 0 Å². The number of anilines is 1. The Labute approximate surface area is 158 Å². The Bertz CT molecular complexity index is 862. The van der Waals surface area contributed by atoms with Gasteiger partial charge in [-0.3, -0.25) is 9.59 Å². The molecule has 0 spiro atoms. The monoisotopic (exact) mass is 393 g/mol. The molecule has 2 heterocycles. The molecule has 0 aliphatic carbocycles. The number of carbonyl (C=O) groups excluding carboxylic acids is 2. The van der Waals surface area contributed by atoms with E-state index in [0.717, 1.165) is 18.9 Å². The molecule has 1 unspecified atom stereocenters. The van der Waals surface area contributed by atoms with Gasteiger partial charge < -0.3 is 15.3 Å². The van der Waals surface area contributed by atoms with Crippen molar-refractivity contribution >= 4 is 27.5 Å². The minimum Gasteiger partial charge on any atom is -0.507 e. The standard InChI is InChI=1S/C18H23N3O5S/c1-2-17(23)19-13-5-6-16(22)15(11-13)18(24)20-10-7-14(12-20)27(25,26)21-8-3-4-9-21/h2,5-6,11,14,22H,1,3-4,7-10,12H2,(H,19,23). The fourth-order valence-corrected chi connectivity index (χ4v) is 5.42. The van der Waals surface area contributed by atoms with Gasteiger partial charge in [0, 0.05) is 31.9 Å². The molecule has 2 N–H and O–H groups in total. The number of likely N-dealkylation sites (tertiary alicyclic amines) is 1. The lowest BCUT2D eigenvalue weighted by Crippen LogP contribution is -2.39. The summed E-state index contributed by atoms with van der Waals surface area (Å²) in [5.41, 5.74) is 0.373. The van der Waals surface area contributed by atoms with Crippen LogP contribution in [0.25, 0.3) is 0 Å². The lowest BCUT2D eigenvalue weighted by atomic mass is 10.1. The van der Waals surface area contributed by atoms with Crippen LogP contribution in [0.15, 0.2) is 30.9 Å². The molecule has 2 aliphatic heterocycles. The Kier molecular flexibility index (Phi) is 5.52.